The van der Waals surface area contributed by atoms with Gasteiger partial charge in [0.2, 0.25) is 5.91 Å². The number of rotatable bonds is 8. The summed E-state index contributed by atoms with van der Waals surface area (Å²) in [6.45, 7) is 2.27. The number of carbonyl (C=O) groups is 3. The third kappa shape index (κ3) is 5.61. The van der Waals surface area contributed by atoms with Crippen molar-refractivity contribution in [2.75, 3.05) is 39.3 Å². The van der Waals surface area contributed by atoms with Crippen molar-refractivity contribution in [3.8, 4) is 5.75 Å². The quantitative estimate of drug-likeness (QED) is 0.593. The molecular weight excluding hydrogens is 451 g/mol. The molecule has 2 saturated heterocycles. The minimum absolute atomic E-state index is 0.279. The zero-order chi connectivity index (χ0) is 23.4. The molecule has 8 nitrogen and oxygen atoms in total. The van der Waals surface area contributed by atoms with Crippen molar-refractivity contribution < 1.29 is 23.5 Å². The van der Waals surface area contributed by atoms with Crippen LogP contribution in [0.15, 0.2) is 48.5 Å². The Morgan fingerprint density at radius 2 is 1.82 bits per heavy atom. The van der Waals surface area contributed by atoms with Crippen molar-refractivity contribution in [3.63, 3.8) is 0 Å². The van der Waals surface area contributed by atoms with E-state index in [1.165, 1.54) is 17.0 Å². The molecule has 1 unspecified atom stereocenters. The molecule has 2 aromatic carbocycles. The highest BCUT2D eigenvalue weighted by atomic mass is 35.5. The van der Waals surface area contributed by atoms with Crippen LogP contribution in [0.2, 0.25) is 5.02 Å². The number of hydrogen-bond donors (Lipinski definition) is 1. The Kier molecular flexibility index (Phi) is 7.10. The molecule has 10 heteroatoms. The van der Waals surface area contributed by atoms with E-state index in [1.54, 1.807) is 36.4 Å². The first-order chi connectivity index (χ1) is 15.9. The number of ether oxygens (including phenoxy) is 1. The topological polar surface area (TPSA) is 82.2 Å². The van der Waals surface area contributed by atoms with Crippen LogP contribution in [0.3, 0.4) is 0 Å². The van der Waals surface area contributed by atoms with Crippen LogP contribution in [0.5, 0.6) is 5.75 Å². The lowest BCUT2D eigenvalue weighted by molar-refractivity contribution is -0.133. The number of nitrogens with zero attached hydrogens (tertiary/aromatic N) is 3. The van der Waals surface area contributed by atoms with Crippen molar-refractivity contribution in [1.82, 2.24) is 20.0 Å². The maximum absolute atomic E-state index is 13.0. The fourth-order valence-corrected chi connectivity index (χ4v) is 4.01. The smallest absolute Gasteiger partial charge is 0.328 e. The zero-order valence-corrected chi connectivity index (χ0v) is 18.6. The summed E-state index contributed by atoms with van der Waals surface area (Å²) >= 11 is 5.85. The van der Waals surface area contributed by atoms with Crippen LogP contribution in [0.4, 0.5) is 9.18 Å². The molecule has 2 aliphatic rings. The second kappa shape index (κ2) is 10.2. The number of piperazine rings is 1. The molecule has 1 N–H and O–H groups in total. The molecule has 2 aromatic rings. The van der Waals surface area contributed by atoms with Crippen LogP contribution < -0.4 is 10.1 Å². The average molecular weight is 475 g/mol. The van der Waals surface area contributed by atoms with Crippen LogP contribution >= 0.6 is 11.6 Å². The maximum Gasteiger partial charge on any atom is 0.328 e. The summed E-state index contributed by atoms with van der Waals surface area (Å²) in [6.07, 6.45) is 0. The summed E-state index contributed by atoms with van der Waals surface area (Å²) in [7, 11) is 0. The Hall–Kier alpha value is -3.17. The van der Waals surface area contributed by atoms with Crippen LogP contribution in [0, 0.1) is 5.82 Å². The highest BCUT2D eigenvalue weighted by molar-refractivity contribution is 6.30. The molecule has 1 atom stereocenters. The second-order valence-electron chi connectivity index (χ2n) is 7.92. The number of fused-ring (bicyclic) bond motifs is 1. The SMILES string of the molecule is O=C(CN1C(=O)C2CN(CCOc3ccc(F)cc3)CCN2C1=O)NCc1ccc(Cl)cc1. The molecule has 0 aliphatic carbocycles. The number of nitrogens with one attached hydrogen (secondary N) is 1. The fourth-order valence-electron chi connectivity index (χ4n) is 3.88. The summed E-state index contributed by atoms with van der Waals surface area (Å²) in [6, 6.07) is 11.8. The van der Waals surface area contributed by atoms with Gasteiger partial charge in [-0.2, -0.15) is 0 Å². The number of imide groups is 1. The van der Waals surface area contributed by atoms with Gasteiger partial charge >= 0.3 is 6.03 Å². The van der Waals surface area contributed by atoms with E-state index in [1.807, 2.05) is 4.90 Å². The minimum Gasteiger partial charge on any atom is -0.492 e. The van der Waals surface area contributed by atoms with Crippen LogP contribution in [0.1, 0.15) is 5.56 Å². The number of benzene rings is 2. The molecule has 33 heavy (non-hydrogen) atoms. The van der Waals surface area contributed by atoms with Gasteiger partial charge in [-0.3, -0.25) is 19.4 Å². The van der Waals surface area contributed by atoms with Gasteiger partial charge in [0, 0.05) is 37.7 Å². The standard InChI is InChI=1S/C23H24ClFN4O4/c24-17-3-1-16(2-4-17)13-26-21(30)15-29-22(31)20-14-27(9-10-28(20)23(29)32)11-12-33-19-7-5-18(25)6-8-19/h1-8,20H,9-15H2,(H,26,30). The van der Waals surface area contributed by atoms with E-state index in [2.05, 4.69) is 5.32 Å². The number of hydrogen-bond acceptors (Lipinski definition) is 5. The van der Waals surface area contributed by atoms with E-state index in [9.17, 15) is 18.8 Å². The summed E-state index contributed by atoms with van der Waals surface area (Å²) in [5.41, 5.74) is 0.864. The van der Waals surface area contributed by atoms with Crippen molar-refractivity contribution >= 4 is 29.4 Å². The summed E-state index contributed by atoms with van der Waals surface area (Å²) < 4.78 is 18.6. The van der Waals surface area contributed by atoms with E-state index >= 15 is 0 Å². The first-order valence-electron chi connectivity index (χ1n) is 10.6. The van der Waals surface area contributed by atoms with Crippen molar-refractivity contribution in [2.45, 2.75) is 12.6 Å². The third-order valence-corrected chi connectivity index (χ3v) is 5.94. The van der Waals surface area contributed by atoms with Crippen molar-refractivity contribution in [3.05, 3.63) is 64.9 Å². The number of halogens is 2. The molecule has 2 heterocycles. The number of amides is 4. The van der Waals surface area contributed by atoms with Crippen molar-refractivity contribution in [2.24, 2.45) is 0 Å². The fraction of sp³-hybridized carbons (Fsp3) is 0.348. The van der Waals surface area contributed by atoms with E-state index < -0.39 is 18.0 Å². The van der Waals surface area contributed by atoms with E-state index in [0.717, 1.165) is 10.5 Å². The Morgan fingerprint density at radius 1 is 1.09 bits per heavy atom. The molecule has 2 fully saturated rings. The highest BCUT2D eigenvalue weighted by Gasteiger charge is 2.47. The molecule has 4 amide bonds. The zero-order valence-electron chi connectivity index (χ0n) is 17.9. The lowest BCUT2D eigenvalue weighted by Gasteiger charge is -2.35. The van der Waals surface area contributed by atoms with Gasteiger partial charge in [-0.05, 0) is 42.0 Å². The van der Waals surface area contributed by atoms with Crippen LogP contribution in [-0.2, 0) is 16.1 Å². The monoisotopic (exact) mass is 474 g/mol. The Balaban J connectivity index is 1.25. The number of carbonyl (C=O) groups excluding carboxylic acids is 3. The molecule has 0 spiro atoms. The molecule has 0 aromatic heterocycles. The molecular formula is C23H24ClFN4O4. The molecule has 0 saturated carbocycles. The van der Waals surface area contributed by atoms with Gasteiger partial charge in [0.1, 0.15) is 30.8 Å². The molecule has 174 valence electrons. The molecule has 4 rings (SSSR count). The van der Waals surface area contributed by atoms with E-state index in [-0.39, 0.29) is 24.8 Å². The Morgan fingerprint density at radius 3 is 2.55 bits per heavy atom. The lowest BCUT2D eigenvalue weighted by Crippen LogP contribution is -2.53. The molecule has 0 bridgehead atoms. The first kappa shape index (κ1) is 23.0. The van der Waals surface area contributed by atoms with E-state index in [0.29, 0.717) is 43.6 Å². The predicted molar refractivity (Wildman–Crippen MR) is 119 cm³/mol. The summed E-state index contributed by atoms with van der Waals surface area (Å²) in [5, 5.41) is 3.33. The maximum atomic E-state index is 13.0. The lowest BCUT2D eigenvalue weighted by atomic mass is 10.2. The predicted octanol–water partition coefficient (Wildman–Crippen LogP) is 2.12. The van der Waals surface area contributed by atoms with Gasteiger partial charge in [0.05, 0.1) is 0 Å². The van der Waals surface area contributed by atoms with Gasteiger partial charge in [-0.1, -0.05) is 23.7 Å². The summed E-state index contributed by atoms with van der Waals surface area (Å²) in [5.74, 6) is -0.536. The van der Waals surface area contributed by atoms with Gasteiger partial charge < -0.3 is 15.0 Å². The molecule has 0 radical (unpaired) electrons. The Bertz CT molecular complexity index is 1020. The number of urea groups is 1. The van der Waals surface area contributed by atoms with E-state index in [4.69, 9.17) is 16.3 Å². The van der Waals surface area contributed by atoms with Crippen LogP contribution in [0.25, 0.3) is 0 Å². The van der Waals surface area contributed by atoms with Gasteiger partial charge in [0.25, 0.3) is 5.91 Å². The van der Waals surface area contributed by atoms with Crippen molar-refractivity contribution in [1.29, 1.82) is 0 Å². The largest absolute Gasteiger partial charge is 0.492 e. The normalized spacial score (nSPS) is 18.4. The van der Waals surface area contributed by atoms with Gasteiger partial charge in [-0.15, -0.1) is 0 Å². The van der Waals surface area contributed by atoms with Crippen LogP contribution in [-0.4, -0.2) is 77.9 Å². The third-order valence-electron chi connectivity index (χ3n) is 5.69. The van der Waals surface area contributed by atoms with Gasteiger partial charge in [0.15, 0.2) is 0 Å². The molecule has 2 aliphatic heterocycles. The first-order valence-corrected chi connectivity index (χ1v) is 11.0. The summed E-state index contributed by atoms with van der Waals surface area (Å²) in [4.78, 5) is 42.5. The highest BCUT2D eigenvalue weighted by Crippen LogP contribution is 2.22. The average Bonchev–Trinajstić information content (AvgIpc) is 3.04. The minimum atomic E-state index is -0.610. The Labute approximate surface area is 195 Å². The van der Waals surface area contributed by atoms with Gasteiger partial charge in [-0.25, -0.2) is 9.18 Å². The second-order valence-corrected chi connectivity index (χ2v) is 8.36.